The Bertz CT molecular complexity index is 1000. The third kappa shape index (κ3) is 4.82. The van der Waals surface area contributed by atoms with E-state index in [9.17, 15) is 18.0 Å². The van der Waals surface area contributed by atoms with Crippen LogP contribution in [0.5, 0.6) is 5.75 Å². The molecule has 1 N–H and O–H groups in total. The minimum Gasteiger partial charge on any atom is -0.497 e. The molecule has 2 aromatic rings. The van der Waals surface area contributed by atoms with Gasteiger partial charge in [-0.15, -0.1) is 0 Å². The molecule has 2 aromatic carbocycles. The maximum Gasteiger partial charge on any atom is 0.340 e. The number of ether oxygens (including phenoxy) is 3. The van der Waals surface area contributed by atoms with Crippen molar-refractivity contribution < 1.29 is 32.2 Å². The van der Waals surface area contributed by atoms with E-state index in [1.54, 1.807) is 6.92 Å². The zero-order valence-corrected chi connectivity index (χ0v) is 17.7. The molecule has 0 amide bonds. The van der Waals surface area contributed by atoms with Crippen molar-refractivity contribution in [3.63, 3.8) is 0 Å². The van der Waals surface area contributed by atoms with Crippen molar-refractivity contribution in [3.05, 3.63) is 52.0 Å². The summed E-state index contributed by atoms with van der Waals surface area (Å²) < 4.78 is 42.8. The molecule has 2 rings (SSSR count). The Morgan fingerprint density at radius 2 is 1.79 bits per heavy atom. The lowest BCUT2D eigenvalue weighted by Crippen LogP contribution is -2.17. The lowest BCUT2D eigenvalue weighted by molar-refractivity contribution is 0.0525. The molecular weight excluding hydrogens is 454 g/mol. The summed E-state index contributed by atoms with van der Waals surface area (Å²) in [6.45, 7) is 1.87. The number of carbonyl (C=O) groups excluding carboxylic acids is 2. The monoisotopic (exact) mass is 471 g/mol. The van der Waals surface area contributed by atoms with Crippen LogP contribution in [0, 0.1) is 0 Å². The first-order chi connectivity index (χ1) is 13.2. The molecule has 0 atom stereocenters. The predicted octanol–water partition coefficient (Wildman–Crippen LogP) is 3.22. The molecule has 0 radical (unpaired) electrons. The first-order valence-corrected chi connectivity index (χ1v) is 10.3. The van der Waals surface area contributed by atoms with Crippen LogP contribution < -0.4 is 9.46 Å². The zero-order valence-electron chi connectivity index (χ0n) is 15.3. The minimum atomic E-state index is -4.08. The van der Waals surface area contributed by atoms with Crippen molar-refractivity contribution in [2.24, 2.45) is 0 Å². The van der Waals surface area contributed by atoms with E-state index in [0.717, 1.165) is 0 Å². The predicted molar refractivity (Wildman–Crippen MR) is 105 cm³/mol. The summed E-state index contributed by atoms with van der Waals surface area (Å²) in [4.78, 5) is 23.7. The van der Waals surface area contributed by atoms with Crippen molar-refractivity contribution in [3.8, 4) is 5.75 Å². The van der Waals surface area contributed by atoms with Gasteiger partial charge in [-0.05, 0) is 59.3 Å². The molecule has 0 aliphatic carbocycles. The average molecular weight is 472 g/mol. The normalized spacial score (nSPS) is 10.9. The lowest BCUT2D eigenvalue weighted by atomic mass is 10.2. The van der Waals surface area contributed by atoms with Gasteiger partial charge in [0.05, 0.1) is 37.6 Å². The zero-order chi connectivity index (χ0) is 20.9. The van der Waals surface area contributed by atoms with Crippen molar-refractivity contribution >= 4 is 43.6 Å². The molecule has 10 heteroatoms. The highest BCUT2D eigenvalue weighted by molar-refractivity contribution is 9.10. The van der Waals surface area contributed by atoms with E-state index in [0.29, 0.717) is 5.75 Å². The number of nitrogens with one attached hydrogen (secondary N) is 1. The van der Waals surface area contributed by atoms with Gasteiger partial charge in [-0.2, -0.15) is 0 Å². The molecule has 0 heterocycles. The summed E-state index contributed by atoms with van der Waals surface area (Å²) in [6, 6.07) is 8.21. The summed E-state index contributed by atoms with van der Waals surface area (Å²) in [5.41, 5.74) is 0.214. The van der Waals surface area contributed by atoms with Gasteiger partial charge in [0.2, 0.25) is 0 Å². The third-order valence-corrected chi connectivity index (χ3v) is 5.95. The van der Waals surface area contributed by atoms with Crippen LogP contribution in [-0.2, 0) is 19.5 Å². The smallest absolute Gasteiger partial charge is 0.340 e. The van der Waals surface area contributed by atoms with Gasteiger partial charge in [0.15, 0.2) is 0 Å². The number of hydrogen-bond donors (Lipinski definition) is 1. The Morgan fingerprint density at radius 1 is 1.07 bits per heavy atom. The van der Waals surface area contributed by atoms with Gasteiger partial charge >= 0.3 is 11.9 Å². The number of hydrogen-bond acceptors (Lipinski definition) is 7. The summed E-state index contributed by atoms with van der Waals surface area (Å²) in [5, 5.41) is 0. The molecule has 0 saturated carbocycles. The van der Waals surface area contributed by atoms with Crippen LogP contribution in [0.2, 0.25) is 0 Å². The first kappa shape index (κ1) is 21.7. The van der Waals surface area contributed by atoms with Crippen LogP contribution in [0.25, 0.3) is 0 Å². The van der Waals surface area contributed by atoms with Gasteiger partial charge in [-0.1, -0.05) is 0 Å². The van der Waals surface area contributed by atoms with E-state index < -0.39 is 22.0 Å². The second kappa shape index (κ2) is 9.07. The van der Waals surface area contributed by atoms with Gasteiger partial charge in [0, 0.05) is 4.47 Å². The van der Waals surface area contributed by atoms with Crippen LogP contribution in [0.3, 0.4) is 0 Å². The second-order valence-corrected chi connectivity index (χ2v) is 7.88. The van der Waals surface area contributed by atoms with Gasteiger partial charge in [0.25, 0.3) is 10.0 Å². The molecular formula is C18H18BrNO7S. The van der Waals surface area contributed by atoms with Crippen molar-refractivity contribution in [1.29, 1.82) is 0 Å². The Balaban J connectivity index is 2.41. The Kier molecular flexibility index (Phi) is 7.03. The van der Waals surface area contributed by atoms with E-state index in [-0.39, 0.29) is 32.8 Å². The first-order valence-electron chi connectivity index (χ1n) is 7.99. The van der Waals surface area contributed by atoms with Crippen LogP contribution in [-0.4, -0.2) is 41.2 Å². The summed E-state index contributed by atoms with van der Waals surface area (Å²) in [5.74, 6) is -0.931. The molecule has 8 nitrogen and oxygen atoms in total. The number of rotatable bonds is 7. The van der Waals surface area contributed by atoms with Crippen molar-refractivity contribution in [1.82, 2.24) is 0 Å². The second-order valence-electron chi connectivity index (χ2n) is 5.37. The number of sulfonamides is 1. The van der Waals surface area contributed by atoms with Gasteiger partial charge < -0.3 is 14.2 Å². The third-order valence-electron chi connectivity index (χ3n) is 3.61. The summed E-state index contributed by atoms with van der Waals surface area (Å²) in [6.07, 6.45) is 0. The number of benzene rings is 2. The van der Waals surface area contributed by atoms with Gasteiger partial charge in [0.1, 0.15) is 10.6 Å². The molecule has 0 unspecified atom stereocenters. The van der Waals surface area contributed by atoms with Crippen molar-refractivity contribution in [2.45, 2.75) is 11.8 Å². The fourth-order valence-electron chi connectivity index (χ4n) is 2.28. The maximum absolute atomic E-state index is 12.8. The molecule has 0 aliphatic heterocycles. The van der Waals surface area contributed by atoms with Crippen LogP contribution in [0.1, 0.15) is 27.6 Å². The van der Waals surface area contributed by atoms with Crippen molar-refractivity contribution in [2.75, 3.05) is 25.5 Å². The van der Waals surface area contributed by atoms with Crippen LogP contribution in [0.4, 0.5) is 5.69 Å². The number of carbonyl (C=O) groups is 2. The van der Waals surface area contributed by atoms with Gasteiger partial charge in [-0.25, -0.2) is 18.0 Å². The molecule has 0 aliphatic rings. The topological polar surface area (TPSA) is 108 Å². The van der Waals surface area contributed by atoms with E-state index in [1.807, 2.05) is 0 Å². The molecule has 150 valence electrons. The number of anilines is 1. The van der Waals surface area contributed by atoms with E-state index in [1.165, 1.54) is 50.6 Å². The lowest BCUT2D eigenvalue weighted by Gasteiger charge is -2.14. The van der Waals surface area contributed by atoms with E-state index >= 15 is 0 Å². The summed E-state index contributed by atoms with van der Waals surface area (Å²) in [7, 11) is -1.48. The molecule has 28 heavy (non-hydrogen) atoms. The number of methoxy groups -OCH3 is 2. The Hall–Kier alpha value is -2.59. The van der Waals surface area contributed by atoms with Crippen LogP contribution >= 0.6 is 15.9 Å². The minimum absolute atomic E-state index is 0.00955. The Morgan fingerprint density at radius 3 is 2.36 bits per heavy atom. The molecule has 0 saturated heterocycles. The molecule has 0 aromatic heterocycles. The van der Waals surface area contributed by atoms with Crippen LogP contribution in [0.15, 0.2) is 45.8 Å². The number of esters is 2. The molecule has 0 fully saturated rings. The molecule has 0 bridgehead atoms. The fraction of sp³-hybridized carbons (Fsp3) is 0.222. The largest absolute Gasteiger partial charge is 0.497 e. The summed E-state index contributed by atoms with van der Waals surface area (Å²) >= 11 is 3.16. The van der Waals surface area contributed by atoms with Gasteiger partial charge in [-0.3, -0.25) is 4.72 Å². The fourth-order valence-corrected chi connectivity index (χ4v) is 4.44. The Labute approximate surface area is 171 Å². The maximum atomic E-state index is 12.8. The SMILES string of the molecule is CCOC(=O)c1ccc(S(=O)(=O)Nc2ccc(OC)cc2C(=O)OC)c(Br)c1. The standard InChI is InChI=1S/C18H18BrNO7S/c1-4-27-17(21)11-5-8-16(14(19)9-11)28(23,24)20-15-7-6-12(25-2)10-13(15)18(22)26-3/h5-10,20H,4H2,1-3H3. The quantitative estimate of drug-likeness (QED) is 0.617. The highest BCUT2D eigenvalue weighted by Crippen LogP contribution is 2.29. The highest BCUT2D eigenvalue weighted by Gasteiger charge is 2.23. The highest BCUT2D eigenvalue weighted by atomic mass is 79.9. The molecule has 0 spiro atoms. The average Bonchev–Trinajstić information content (AvgIpc) is 2.67. The van der Waals surface area contributed by atoms with E-state index in [2.05, 4.69) is 20.7 Å². The number of halogens is 1. The van der Waals surface area contributed by atoms with E-state index in [4.69, 9.17) is 14.2 Å².